The second-order valence-electron chi connectivity index (χ2n) is 7.10. The highest BCUT2D eigenvalue weighted by molar-refractivity contribution is 6.71. The van der Waals surface area contributed by atoms with E-state index in [2.05, 4.69) is 58.9 Å². The Balaban J connectivity index is 4.74. The fourth-order valence-electron chi connectivity index (χ4n) is 0.897. The second kappa shape index (κ2) is 5.62. The molecule has 0 radical (unpaired) electrons. The molecule has 0 amide bonds. The smallest absolute Gasteiger partial charge is 0.286 e. The van der Waals surface area contributed by atoms with Crippen molar-refractivity contribution >= 4 is 25.0 Å². The Hall–Kier alpha value is -0.209. The SMILES string of the molecule is C[Si](C)(C)OC=C(O[Si](C)(C)C)O[Si](C)(C)C. The monoisotopic (exact) mass is 292 g/mol. The Labute approximate surface area is 110 Å². The molecular formula is C11H28O3Si3. The summed E-state index contributed by atoms with van der Waals surface area (Å²) in [5, 5.41) is 0. The van der Waals surface area contributed by atoms with Crippen molar-refractivity contribution in [3.63, 3.8) is 0 Å². The number of rotatable bonds is 6. The summed E-state index contributed by atoms with van der Waals surface area (Å²) in [6.45, 7) is 19.3. The lowest BCUT2D eigenvalue weighted by Crippen LogP contribution is -2.32. The van der Waals surface area contributed by atoms with Crippen molar-refractivity contribution in [1.29, 1.82) is 0 Å². The van der Waals surface area contributed by atoms with Gasteiger partial charge in [0.05, 0.1) is 0 Å². The average molecular weight is 293 g/mol. The van der Waals surface area contributed by atoms with E-state index in [1.54, 1.807) is 6.26 Å². The summed E-state index contributed by atoms with van der Waals surface area (Å²) in [6, 6.07) is 0. The molecule has 0 heterocycles. The largest absolute Gasteiger partial charge is 0.545 e. The molecule has 6 heteroatoms. The van der Waals surface area contributed by atoms with Gasteiger partial charge < -0.3 is 13.3 Å². The quantitative estimate of drug-likeness (QED) is 0.538. The Morgan fingerprint density at radius 1 is 0.647 bits per heavy atom. The zero-order valence-electron chi connectivity index (χ0n) is 12.8. The van der Waals surface area contributed by atoms with Gasteiger partial charge in [-0.15, -0.1) is 0 Å². The van der Waals surface area contributed by atoms with Gasteiger partial charge in [0.1, 0.15) is 6.26 Å². The molecule has 0 unspecified atom stereocenters. The minimum Gasteiger partial charge on any atom is -0.545 e. The maximum Gasteiger partial charge on any atom is 0.286 e. The maximum atomic E-state index is 5.92. The highest BCUT2D eigenvalue weighted by atomic mass is 28.4. The van der Waals surface area contributed by atoms with Gasteiger partial charge in [-0.25, -0.2) is 0 Å². The number of hydrogen-bond acceptors (Lipinski definition) is 3. The molecule has 0 rings (SSSR count). The van der Waals surface area contributed by atoms with Crippen molar-refractivity contribution in [2.24, 2.45) is 0 Å². The fourth-order valence-corrected chi connectivity index (χ4v) is 2.82. The standard InChI is InChI=1S/C11H28O3Si3/c1-15(2,3)12-10-11(13-16(4,5)6)14-17(7,8)9/h10H,1-9H3. The number of hydrogen-bond donors (Lipinski definition) is 0. The van der Waals surface area contributed by atoms with Crippen molar-refractivity contribution in [1.82, 2.24) is 0 Å². The van der Waals surface area contributed by atoms with Gasteiger partial charge in [-0.3, -0.25) is 0 Å². The lowest BCUT2D eigenvalue weighted by Gasteiger charge is -2.28. The summed E-state index contributed by atoms with van der Waals surface area (Å²) in [4.78, 5) is 0. The van der Waals surface area contributed by atoms with Gasteiger partial charge in [0.15, 0.2) is 0 Å². The lowest BCUT2D eigenvalue weighted by molar-refractivity contribution is 0.198. The van der Waals surface area contributed by atoms with Gasteiger partial charge in [0, 0.05) is 0 Å². The Morgan fingerprint density at radius 3 is 1.24 bits per heavy atom. The van der Waals surface area contributed by atoms with Crippen LogP contribution in [0.5, 0.6) is 0 Å². The second-order valence-corrected chi connectivity index (χ2v) is 20.4. The van der Waals surface area contributed by atoms with Crippen LogP contribution in [0.2, 0.25) is 58.9 Å². The van der Waals surface area contributed by atoms with Crippen LogP contribution in [-0.2, 0) is 13.3 Å². The Morgan fingerprint density at radius 2 is 1.00 bits per heavy atom. The van der Waals surface area contributed by atoms with Gasteiger partial charge in [-0.05, 0) is 58.9 Å². The molecule has 0 aliphatic heterocycles. The molecule has 3 nitrogen and oxygen atoms in total. The normalized spacial score (nSPS) is 13.0. The first kappa shape index (κ1) is 16.8. The van der Waals surface area contributed by atoms with Crippen LogP contribution >= 0.6 is 0 Å². The lowest BCUT2D eigenvalue weighted by atomic mass is 11.0. The van der Waals surface area contributed by atoms with Crippen LogP contribution < -0.4 is 0 Å². The summed E-state index contributed by atoms with van der Waals surface area (Å²) in [5.41, 5.74) is 0. The molecule has 0 aromatic carbocycles. The first-order chi connectivity index (χ1) is 7.29. The van der Waals surface area contributed by atoms with E-state index in [4.69, 9.17) is 13.3 Å². The molecule has 0 atom stereocenters. The molecule has 0 fully saturated rings. The molecular weight excluding hydrogens is 264 g/mol. The van der Waals surface area contributed by atoms with E-state index >= 15 is 0 Å². The first-order valence-corrected chi connectivity index (χ1v) is 16.3. The van der Waals surface area contributed by atoms with Crippen LogP contribution in [0.3, 0.4) is 0 Å². The van der Waals surface area contributed by atoms with E-state index in [0.717, 1.165) is 0 Å². The van der Waals surface area contributed by atoms with Crippen molar-refractivity contribution in [2.75, 3.05) is 0 Å². The molecule has 0 aromatic heterocycles. The highest BCUT2D eigenvalue weighted by Gasteiger charge is 2.25. The summed E-state index contributed by atoms with van der Waals surface area (Å²) in [6.07, 6.45) is 1.68. The summed E-state index contributed by atoms with van der Waals surface area (Å²) < 4.78 is 17.6. The van der Waals surface area contributed by atoms with Crippen LogP contribution in [0, 0.1) is 0 Å². The average Bonchev–Trinajstić information content (AvgIpc) is 1.92. The summed E-state index contributed by atoms with van der Waals surface area (Å²) >= 11 is 0. The van der Waals surface area contributed by atoms with Crippen molar-refractivity contribution < 1.29 is 13.3 Å². The van der Waals surface area contributed by atoms with Crippen LogP contribution in [0.15, 0.2) is 12.2 Å². The third kappa shape index (κ3) is 12.0. The van der Waals surface area contributed by atoms with Crippen molar-refractivity contribution in [3.8, 4) is 0 Å². The van der Waals surface area contributed by atoms with E-state index in [0.29, 0.717) is 5.95 Å². The Bertz CT molecular complexity index is 251. The summed E-state index contributed by atoms with van der Waals surface area (Å²) in [5.74, 6) is 0.575. The van der Waals surface area contributed by atoms with Crippen LogP contribution in [0.4, 0.5) is 0 Å². The predicted molar refractivity (Wildman–Crippen MR) is 81.4 cm³/mol. The van der Waals surface area contributed by atoms with Gasteiger partial charge in [0.2, 0.25) is 25.0 Å². The fraction of sp³-hybridized carbons (Fsp3) is 0.818. The Kier molecular flexibility index (Phi) is 5.55. The molecule has 0 aliphatic rings. The van der Waals surface area contributed by atoms with Crippen LogP contribution in [0.25, 0.3) is 0 Å². The topological polar surface area (TPSA) is 27.7 Å². The zero-order valence-corrected chi connectivity index (χ0v) is 15.8. The van der Waals surface area contributed by atoms with E-state index in [1.165, 1.54) is 0 Å². The molecule has 0 spiro atoms. The van der Waals surface area contributed by atoms with Crippen LogP contribution in [-0.4, -0.2) is 25.0 Å². The molecule has 17 heavy (non-hydrogen) atoms. The van der Waals surface area contributed by atoms with E-state index in [1.807, 2.05) is 0 Å². The summed E-state index contributed by atoms with van der Waals surface area (Å²) in [7, 11) is -4.88. The van der Waals surface area contributed by atoms with Gasteiger partial charge in [-0.1, -0.05) is 0 Å². The van der Waals surface area contributed by atoms with Crippen LogP contribution in [0.1, 0.15) is 0 Å². The minimum atomic E-state index is -1.65. The van der Waals surface area contributed by atoms with Crippen molar-refractivity contribution in [3.05, 3.63) is 12.2 Å². The molecule has 0 aliphatic carbocycles. The van der Waals surface area contributed by atoms with E-state index in [9.17, 15) is 0 Å². The van der Waals surface area contributed by atoms with Crippen molar-refractivity contribution in [2.45, 2.75) is 58.9 Å². The third-order valence-electron chi connectivity index (χ3n) is 1.32. The molecule has 102 valence electrons. The molecule has 0 saturated heterocycles. The first-order valence-electron chi connectivity index (χ1n) is 6.04. The zero-order chi connectivity index (χ0) is 13.9. The van der Waals surface area contributed by atoms with Gasteiger partial charge in [-0.2, -0.15) is 0 Å². The van der Waals surface area contributed by atoms with E-state index in [-0.39, 0.29) is 0 Å². The van der Waals surface area contributed by atoms with Gasteiger partial charge >= 0.3 is 0 Å². The molecule has 0 bridgehead atoms. The molecule has 0 aromatic rings. The van der Waals surface area contributed by atoms with Gasteiger partial charge in [0.25, 0.3) is 5.95 Å². The molecule has 0 saturated carbocycles. The van der Waals surface area contributed by atoms with E-state index < -0.39 is 25.0 Å². The minimum absolute atomic E-state index is 0.575. The highest BCUT2D eigenvalue weighted by Crippen LogP contribution is 2.18. The third-order valence-corrected chi connectivity index (χ3v) is 3.77. The molecule has 0 N–H and O–H groups in total. The predicted octanol–water partition coefficient (Wildman–Crippen LogP) is 4.34. The maximum absolute atomic E-state index is 5.92.